The van der Waals surface area contributed by atoms with Gasteiger partial charge in [0.15, 0.2) is 0 Å². The second-order valence-corrected chi connectivity index (χ2v) is 3.37. The largest absolute Gasteiger partial charge is 0.373 e. The summed E-state index contributed by atoms with van der Waals surface area (Å²) in [7, 11) is 0. The van der Waals surface area contributed by atoms with Gasteiger partial charge < -0.3 is 4.74 Å². The van der Waals surface area contributed by atoms with Crippen molar-refractivity contribution in [1.29, 1.82) is 0 Å². The van der Waals surface area contributed by atoms with Crippen molar-refractivity contribution in [3.8, 4) is 0 Å². The van der Waals surface area contributed by atoms with Crippen LogP contribution < -0.4 is 0 Å². The smallest absolute Gasteiger partial charge is 0.0810 e. The molecular formula is C10H19O. The van der Waals surface area contributed by atoms with Crippen LogP contribution in [0.4, 0.5) is 0 Å². The Morgan fingerprint density at radius 3 is 2.36 bits per heavy atom. The predicted molar refractivity (Wildman–Crippen MR) is 47.4 cm³/mol. The topological polar surface area (TPSA) is 12.5 Å². The molecule has 0 aromatic heterocycles. The minimum Gasteiger partial charge on any atom is -0.373 e. The van der Waals surface area contributed by atoms with Gasteiger partial charge in [-0.1, -0.05) is 45.4 Å². The number of hydrogen-bond acceptors (Lipinski definition) is 1. The highest BCUT2D eigenvalue weighted by atomic mass is 16.6. The summed E-state index contributed by atoms with van der Waals surface area (Å²) in [6.45, 7) is 4.85. The first-order chi connectivity index (χ1) is 5.43. The Hall–Kier alpha value is -0.0400. The Kier molecular flexibility index (Phi) is 4.60. The predicted octanol–water partition coefficient (Wildman–Crippen LogP) is 2.95. The lowest BCUT2D eigenvalue weighted by atomic mass is 10.1. The zero-order valence-corrected chi connectivity index (χ0v) is 7.35. The fourth-order valence-corrected chi connectivity index (χ4v) is 1.31. The van der Waals surface area contributed by atoms with Gasteiger partial charge in [-0.15, -0.1) is 0 Å². The van der Waals surface area contributed by atoms with Crippen molar-refractivity contribution in [2.45, 2.75) is 51.0 Å². The second-order valence-electron chi connectivity index (χ2n) is 3.37. The van der Waals surface area contributed by atoms with E-state index in [0.29, 0.717) is 6.10 Å². The van der Waals surface area contributed by atoms with Crippen molar-refractivity contribution in [3.63, 3.8) is 0 Å². The van der Waals surface area contributed by atoms with Crippen molar-refractivity contribution >= 4 is 0 Å². The molecule has 1 aliphatic heterocycles. The summed E-state index contributed by atoms with van der Waals surface area (Å²) in [6.07, 6.45) is 9.86. The van der Waals surface area contributed by atoms with E-state index in [9.17, 15) is 0 Å². The Bertz CT molecular complexity index is 86.9. The number of epoxide rings is 1. The molecule has 1 heterocycles. The minimum absolute atomic E-state index is 0.642. The van der Waals surface area contributed by atoms with E-state index in [1.165, 1.54) is 38.5 Å². The lowest BCUT2D eigenvalue weighted by Crippen LogP contribution is -1.85. The molecule has 0 amide bonds. The average molecular weight is 155 g/mol. The van der Waals surface area contributed by atoms with Crippen LogP contribution in [0.25, 0.3) is 0 Å². The molecule has 0 aromatic rings. The molecule has 0 N–H and O–H groups in total. The maximum Gasteiger partial charge on any atom is 0.0810 e. The van der Waals surface area contributed by atoms with Crippen LogP contribution in [0.5, 0.6) is 0 Å². The number of unbranched alkanes of at least 4 members (excludes halogenated alkanes) is 5. The van der Waals surface area contributed by atoms with Gasteiger partial charge in [-0.3, -0.25) is 0 Å². The molecule has 1 fully saturated rings. The fourth-order valence-electron chi connectivity index (χ4n) is 1.31. The second kappa shape index (κ2) is 5.59. The van der Waals surface area contributed by atoms with E-state index in [1.807, 2.05) is 0 Å². The molecule has 0 saturated carbocycles. The molecule has 1 heteroatoms. The summed E-state index contributed by atoms with van der Waals surface area (Å²) >= 11 is 0. The third kappa shape index (κ3) is 5.25. The first-order valence-corrected chi connectivity index (χ1v) is 4.84. The molecule has 65 valence electrons. The number of ether oxygens (including phenoxy) is 1. The van der Waals surface area contributed by atoms with Gasteiger partial charge >= 0.3 is 0 Å². The van der Waals surface area contributed by atoms with Gasteiger partial charge in [-0.05, 0) is 6.42 Å². The van der Waals surface area contributed by atoms with Gasteiger partial charge in [0.2, 0.25) is 0 Å². The van der Waals surface area contributed by atoms with Crippen LogP contribution in [-0.2, 0) is 4.74 Å². The van der Waals surface area contributed by atoms with E-state index in [-0.39, 0.29) is 0 Å². The number of hydrogen-bond donors (Lipinski definition) is 0. The summed E-state index contributed by atoms with van der Waals surface area (Å²) in [5, 5.41) is 0. The van der Waals surface area contributed by atoms with E-state index in [1.54, 1.807) is 0 Å². The molecular weight excluding hydrogens is 136 g/mol. The van der Waals surface area contributed by atoms with Crippen molar-refractivity contribution in [1.82, 2.24) is 0 Å². The molecule has 1 saturated heterocycles. The number of rotatable bonds is 7. The third-order valence-electron chi connectivity index (χ3n) is 2.18. The maximum absolute atomic E-state index is 5.13. The molecule has 0 aromatic carbocycles. The lowest BCUT2D eigenvalue weighted by molar-refractivity contribution is 0.387. The van der Waals surface area contributed by atoms with Gasteiger partial charge in [-0.25, -0.2) is 0 Å². The highest BCUT2D eigenvalue weighted by Crippen LogP contribution is 2.17. The average Bonchev–Trinajstić information content (AvgIpc) is 2.80. The normalized spacial score (nSPS) is 22.1. The summed E-state index contributed by atoms with van der Waals surface area (Å²) in [4.78, 5) is 0. The molecule has 1 nitrogen and oxygen atoms in total. The zero-order valence-electron chi connectivity index (χ0n) is 7.35. The van der Waals surface area contributed by atoms with Crippen molar-refractivity contribution in [2.75, 3.05) is 6.61 Å². The first kappa shape index (κ1) is 9.05. The lowest BCUT2D eigenvalue weighted by Gasteiger charge is -1.97. The molecule has 11 heavy (non-hydrogen) atoms. The SMILES string of the molecule is [CH2]CCCCCCCC1CO1. The molecule has 0 bridgehead atoms. The van der Waals surface area contributed by atoms with Gasteiger partial charge in [0, 0.05) is 0 Å². The van der Waals surface area contributed by atoms with E-state index in [2.05, 4.69) is 6.92 Å². The van der Waals surface area contributed by atoms with Crippen LogP contribution in [-0.4, -0.2) is 12.7 Å². The summed E-state index contributed by atoms with van der Waals surface area (Å²) in [6, 6.07) is 0. The monoisotopic (exact) mass is 155 g/mol. The Labute approximate surface area is 70.1 Å². The first-order valence-electron chi connectivity index (χ1n) is 4.84. The highest BCUT2D eigenvalue weighted by Gasteiger charge is 2.20. The Morgan fingerprint density at radius 2 is 1.73 bits per heavy atom. The van der Waals surface area contributed by atoms with Crippen LogP contribution in [0.3, 0.4) is 0 Å². The molecule has 1 radical (unpaired) electrons. The summed E-state index contributed by atoms with van der Waals surface area (Å²) in [5.74, 6) is 0. The Balaban J connectivity index is 1.66. The van der Waals surface area contributed by atoms with Gasteiger partial charge in [-0.2, -0.15) is 0 Å². The van der Waals surface area contributed by atoms with Gasteiger partial charge in [0.1, 0.15) is 0 Å². The molecule has 1 aliphatic rings. The van der Waals surface area contributed by atoms with Crippen molar-refractivity contribution in [2.24, 2.45) is 0 Å². The van der Waals surface area contributed by atoms with Crippen LogP contribution in [0.1, 0.15) is 44.9 Å². The van der Waals surface area contributed by atoms with Crippen molar-refractivity contribution in [3.05, 3.63) is 6.92 Å². The van der Waals surface area contributed by atoms with E-state index in [0.717, 1.165) is 13.0 Å². The summed E-state index contributed by atoms with van der Waals surface area (Å²) in [5.41, 5.74) is 0. The molecule has 1 atom stereocenters. The molecule has 1 unspecified atom stereocenters. The van der Waals surface area contributed by atoms with Crippen LogP contribution in [0.2, 0.25) is 0 Å². The third-order valence-corrected chi connectivity index (χ3v) is 2.18. The molecule has 0 spiro atoms. The van der Waals surface area contributed by atoms with E-state index in [4.69, 9.17) is 4.74 Å². The standard InChI is InChI=1S/C10H19O/c1-2-3-4-5-6-7-8-10-9-11-10/h10H,1-9H2. The maximum atomic E-state index is 5.13. The van der Waals surface area contributed by atoms with Gasteiger partial charge in [0.25, 0.3) is 0 Å². The fraction of sp³-hybridized carbons (Fsp3) is 0.900. The quantitative estimate of drug-likeness (QED) is 0.407. The van der Waals surface area contributed by atoms with Crippen LogP contribution in [0, 0.1) is 6.92 Å². The zero-order chi connectivity index (χ0) is 7.94. The van der Waals surface area contributed by atoms with E-state index < -0.39 is 0 Å². The van der Waals surface area contributed by atoms with Gasteiger partial charge in [0.05, 0.1) is 12.7 Å². The Morgan fingerprint density at radius 1 is 1.09 bits per heavy atom. The molecule has 1 rings (SSSR count). The molecule has 0 aliphatic carbocycles. The van der Waals surface area contributed by atoms with E-state index >= 15 is 0 Å². The highest BCUT2D eigenvalue weighted by molar-refractivity contribution is 4.68. The minimum atomic E-state index is 0.642. The van der Waals surface area contributed by atoms with Crippen LogP contribution in [0.15, 0.2) is 0 Å². The summed E-state index contributed by atoms with van der Waals surface area (Å²) < 4.78 is 5.13. The van der Waals surface area contributed by atoms with Crippen LogP contribution >= 0.6 is 0 Å². The van der Waals surface area contributed by atoms with Crippen molar-refractivity contribution < 1.29 is 4.74 Å².